The number of aromatic nitrogens is 1. The molecule has 1 saturated heterocycles. The second-order valence-electron chi connectivity index (χ2n) is 6.83. The third kappa shape index (κ3) is 6.60. The minimum Gasteiger partial charge on any atom is -0.369 e. The third-order valence-electron chi connectivity index (χ3n) is 4.73. The van der Waals surface area contributed by atoms with E-state index in [0.29, 0.717) is 18.1 Å². The van der Waals surface area contributed by atoms with E-state index in [-0.39, 0.29) is 17.5 Å². The van der Waals surface area contributed by atoms with Gasteiger partial charge in [-0.15, -0.1) is 0 Å². The predicted octanol–water partition coefficient (Wildman–Crippen LogP) is 3.27. The Bertz CT molecular complexity index is 822. The molecule has 1 fully saturated rings. The van der Waals surface area contributed by atoms with Crippen molar-refractivity contribution in [2.45, 2.75) is 11.2 Å². The molecule has 1 amide bonds. The van der Waals surface area contributed by atoms with Crippen LogP contribution in [0, 0.1) is 5.82 Å². The summed E-state index contributed by atoms with van der Waals surface area (Å²) in [5, 5.41) is 3.19. The molecule has 1 aliphatic rings. The number of hydrogen-bond donors (Lipinski definition) is 1. The van der Waals surface area contributed by atoms with Gasteiger partial charge in [0.2, 0.25) is 5.91 Å². The molecule has 1 aromatic heterocycles. The lowest BCUT2D eigenvalue weighted by molar-refractivity contribution is -0.137. The summed E-state index contributed by atoms with van der Waals surface area (Å²) >= 11 is 1.10. The SMILES string of the molecule is O=C(CSc1ccc(C(F)(F)F)cn1)NCCN1CCN(c2ccc(F)cc2)CC1. The fraction of sp³-hybridized carbons (Fsp3) is 0.400. The van der Waals surface area contributed by atoms with Crippen LogP contribution in [0.2, 0.25) is 0 Å². The molecular formula is C20H22F4N4OS. The molecule has 0 unspecified atom stereocenters. The van der Waals surface area contributed by atoms with Crippen LogP contribution < -0.4 is 10.2 Å². The number of benzene rings is 1. The van der Waals surface area contributed by atoms with Crippen molar-refractivity contribution < 1.29 is 22.4 Å². The summed E-state index contributed by atoms with van der Waals surface area (Å²) in [4.78, 5) is 20.1. The summed E-state index contributed by atoms with van der Waals surface area (Å²) < 4.78 is 50.6. The Morgan fingerprint density at radius 2 is 1.77 bits per heavy atom. The molecule has 162 valence electrons. The highest BCUT2D eigenvalue weighted by Gasteiger charge is 2.30. The van der Waals surface area contributed by atoms with Crippen molar-refractivity contribution in [3.05, 3.63) is 54.0 Å². The lowest BCUT2D eigenvalue weighted by Gasteiger charge is -2.36. The number of thioether (sulfide) groups is 1. The van der Waals surface area contributed by atoms with E-state index < -0.39 is 11.7 Å². The number of hydrogen-bond acceptors (Lipinski definition) is 5. The molecule has 0 aliphatic carbocycles. The molecule has 0 saturated carbocycles. The van der Waals surface area contributed by atoms with Crippen molar-refractivity contribution in [2.24, 2.45) is 0 Å². The zero-order valence-electron chi connectivity index (χ0n) is 16.2. The van der Waals surface area contributed by atoms with Crippen molar-refractivity contribution in [2.75, 3.05) is 49.9 Å². The zero-order valence-corrected chi connectivity index (χ0v) is 17.0. The van der Waals surface area contributed by atoms with E-state index in [9.17, 15) is 22.4 Å². The highest BCUT2D eigenvalue weighted by Crippen LogP contribution is 2.29. The first kappa shape index (κ1) is 22.4. The Kier molecular flexibility index (Phi) is 7.54. The van der Waals surface area contributed by atoms with Crippen molar-refractivity contribution >= 4 is 23.4 Å². The number of pyridine rings is 1. The van der Waals surface area contributed by atoms with Gasteiger partial charge in [-0.05, 0) is 36.4 Å². The van der Waals surface area contributed by atoms with Gasteiger partial charge in [0.05, 0.1) is 16.3 Å². The van der Waals surface area contributed by atoms with Gasteiger partial charge in [-0.2, -0.15) is 13.2 Å². The molecule has 1 aromatic carbocycles. The van der Waals surface area contributed by atoms with E-state index in [2.05, 4.69) is 20.1 Å². The Morgan fingerprint density at radius 3 is 2.37 bits per heavy atom. The van der Waals surface area contributed by atoms with Gasteiger partial charge in [0, 0.05) is 51.2 Å². The van der Waals surface area contributed by atoms with E-state index in [1.54, 1.807) is 12.1 Å². The summed E-state index contributed by atoms with van der Waals surface area (Å²) in [6.07, 6.45) is -3.65. The molecular weight excluding hydrogens is 420 g/mol. The first-order chi connectivity index (χ1) is 14.3. The zero-order chi connectivity index (χ0) is 21.6. The number of rotatable bonds is 7. The molecule has 0 atom stereocenters. The van der Waals surface area contributed by atoms with Gasteiger partial charge in [0.15, 0.2) is 0 Å². The van der Waals surface area contributed by atoms with E-state index in [0.717, 1.165) is 55.9 Å². The molecule has 2 heterocycles. The largest absolute Gasteiger partial charge is 0.417 e. The number of nitrogens with zero attached hydrogens (tertiary/aromatic N) is 3. The van der Waals surface area contributed by atoms with Gasteiger partial charge in [0.25, 0.3) is 0 Å². The van der Waals surface area contributed by atoms with Crippen LogP contribution in [0.25, 0.3) is 0 Å². The molecule has 0 bridgehead atoms. The highest BCUT2D eigenvalue weighted by molar-refractivity contribution is 7.99. The average Bonchev–Trinajstić information content (AvgIpc) is 2.73. The van der Waals surface area contributed by atoms with Gasteiger partial charge < -0.3 is 10.2 Å². The average molecular weight is 442 g/mol. The first-order valence-electron chi connectivity index (χ1n) is 9.47. The van der Waals surface area contributed by atoms with Crippen LogP contribution in [0.4, 0.5) is 23.2 Å². The second kappa shape index (κ2) is 10.1. The molecule has 5 nitrogen and oxygen atoms in total. The molecule has 3 rings (SSSR count). The number of halogens is 4. The highest BCUT2D eigenvalue weighted by atomic mass is 32.2. The van der Waals surface area contributed by atoms with Gasteiger partial charge in [-0.25, -0.2) is 9.37 Å². The fourth-order valence-electron chi connectivity index (χ4n) is 3.06. The van der Waals surface area contributed by atoms with Crippen molar-refractivity contribution in [1.82, 2.24) is 15.2 Å². The van der Waals surface area contributed by atoms with Crippen LogP contribution in [0.5, 0.6) is 0 Å². The van der Waals surface area contributed by atoms with E-state index >= 15 is 0 Å². The van der Waals surface area contributed by atoms with Crippen LogP contribution >= 0.6 is 11.8 Å². The maximum atomic E-state index is 13.0. The Labute approximate surface area is 176 Å². The van der Waals surface area contributed by atoms with Crippen molar-refractivity contribution in [3.63, 3.8) is 0 Å². The van der Waals surface area contributed by atoms with Crippen LogP contribution in [0.1, 0.15) is 5.56 Å². The fourth-order valence-corrected chi connectivity index (χ4v) is 3.73. The Hall–Kier alpha value is -2.33. The Balaban J connectivity index is 1.32. The van der Waals surface area contributed by atoms with Crippen LogP contribution in [0.3, 0.4) is 0 Å². The summed E-state index contributed by atoms with van der Waals surface area (Å²) in [6, 6.07) is 8.67. The first-order valence-corrected chi connectivity index (χ1v) is 10.5. The number of carbonyl (C=O) groups is 1. The maximum Gasteiger partial charge on any atom is 0.417 e. The van der Waals surface area contributed by atoms with E-state index in [1.807, 2.05) is 0 Å². The van der Waals surface area contributed by atoms with Crippen LogP contribution in [-0.2, 0) is 11.0 Å². The normalized spacial score (nSPS) is 15.3. The number of nitrogens with one attached hydrogen (secondary N) is 1. The maximum absolute atomic E-state index is 13.0. The lowest BCUT2D eigenvalue weighted by atomic mass is 10.2. The van der Waals surface area contributed by atoms with Crippen LogP contribution in [-0.4, -0.2) is 60.8 Å². The predicted molar refractivity (Wildman–Crippen MR) is 108 cm³/mol. The van der Waals surface area contributed by atoms with E-state index in [4.69, 9.17) is 0 Å². The summed E-state index contributed by atoms with van der Waals surface area (Å²) in [5.41, 5.74) is 0.189. The van der Waals surface area contributed by atoms with E-state index in [1.165, 1.54) is 18.2 Å². The molecule has 30 heavy (non-hydrogen) atoms. The summed E-state index contributed by atoms with van der Waals surface area (Å²) in [6.45, 7) is 4.56. The summed E-state index contributed by atoms with van der Waals surface area (Å²) in [7, 11) is 0. The van der Waals surface area contributed by atoms with Gasteiger partial charge in [0.1, 0.15) is 5.82 Å². The summed E-state index contributed by atoms with van der Waals surface area (Å²) in [5.74, 6) is -0.344. The molecule has 0 radical (unpaired) electrons. The smallest absolute Gasteiger partial charge is 0.369 e. The van der Waals surface area contributed by atoms with Gasteiger partial charge in [-0.1, -0.05) is 11.8 Å². The second-order valence-corrected chi connectivity index (χ2v) is 7.82. The number of carbonyl (C=O) groups excluding carboxylic acids is 1. The third-order valence-corrected chi connectivity index (χ3v) is 5.67. The van der Waals surface area contributed by atoms with Gasteiger partial charge in [-0.3, -0.25) is 9.69 Å². The molecule has 10 heteroatoms. The van der Waals surface area contributed by atoms with Crippen LogP contribution in [0.15, 0.2) is 47.6 Å². The number of anilines is 1. The van der Waals surface area contributed by atoms with Crippen molar-refractivity contribution in [3.8, 4) is 0 Å². The monoisotopic (exact) mass is 442 g/mol. The molecule has 1 aliphatic heterocycles. The number of piperazine rings is 1. The van der Waals surface area contributed by atoms with Crippen molar-refractivity contribution in [1.29, 1.82) is 0 Å². The molecule has 0 spiro atoms. The minimum absolute atomic E-state index is 0.0940. The Morgan fingerprint density at radius 1 is 1.07 bits per heavy atom. The lowest BCUT2D eigenvalue weighted by Crippen LogP contribution is -2.48. The molecule has 1 N–H and O–H groups in total. The standard InChI is InChI=1S/C20H22F4N4OS/c21-16-2-4-17(5-3-16)28-11-9-27(10-12-28)8-7-25-18(29)14-30-19-6-1-15(13-26-19)20(22,23)24/h1-6,13H,7-12,14H2,(H,25,29). The molecule has 2 aromatic rings. The topological polar surface area (TPSA) is 48.5 Å². The quantitative estimate of drug-likeness (QED) is 0.527. The number of amides is 1. The van der Waals surface area contributed by atoms with Gasteiger partial charge >= 0.3 is 6.18 Å². The number of alkyl halides is 3. The minimum atomic E-state index is -4.42.